The number of carbonyl (C=O) groups excluding carboxylic acids is 3. The number of likely N-dealkylation sites (N-methyl/N-ethyl adjacent to an activating group) is 1. The number of nitrogens with zero attached hydrogens (tertiary/aromatic N) is 1. The molecule has 0 aromatic rings. The van der Waals surface area contributed by atoms with Crippen molar-refractivity contribution >= 4 is 17.6 Å². The van der Waals surface area contributed by atoms with E-state index in [-0.39, 0.29) is 17.9 Å². The second-order valence-electron chi connectivity index (χ2n) is 5.68. The van der Waals surface area contributed by atoms with Crippen LogP contribution in [0.2, 0.25) is 0 Å². The van der Waals surface area contributed by atoms with Gasteiger partial charge in [0.2, 0.25) is 11.7 Å². The fraction of sp³-hybridized carbons (Fsp3) is 0.786. The highest BCUT2D eigenvalue weighted by atomic mass is 16.2. The van der Waals surface area contributed by atoms with Crippen molar-refractivity contribution in [3.8, 4) is 0 Å². The van der Waals surface area contributed by atoms with Gasteiger partial charge < -0.3 is 11.1 Å². The summed E-state index contributed by atoms with van der Waals surface area (Å²) < 4.78 is 0. The summed E-state index contributed by atoms with van der Waals surface area (Å²) in [5.41, 5.74) is 5.06. The van der Waals surface area contributed by atoms with Crippen LogP contribution in [0.1, 0.15) is 39.5 Å². The van der Waals surface area contributed by atoms with Crippen LogP contribution in [0.15, 0.2) is 0 Å². The van der Waals surface area contributed by atoms with Gasteiger partial charge in [-0.2, -0.15) is 0 Å². The molecule has 1 rings (SSSR count). The number of hydrogen-bond acceptors (Lipinski definition) is 4. The van der Waals surface area contributed by atoms with Gasteiger partial charge in [0.05, 0.1) is 12.1 Å². The third-order valence-electron chi connectivity index (χ3n) is 4.03. The monoisotopic (exact) mass is 283 g/mol. The summed E-state index contributed by atoms with van der Waals surface area (Å²) >= 11 is 0. The molecule has 114 valence electrons. The van der Waals surface area contributed by atoms with Crippen LogP contribution in [0.5, 0.6) is 0 Å². The van der Waals surface area contributed by atoms with Crippen LogP contribution in [0.3, 0.4) is 0 Å². The van der Waals surface area contributed by atoms with E-state index in [2.05, 4.69) is 5.32 Å². The summed E-state index contributed by atoms with van der Waals surface area (Å²) in [6.45, 7) is 4.86. The van der Waals surface area contributed by atoms with E-state index < -0.39 is 17.7 Å². The molecule has 3 unspecified atom stereocenters. The number of amides is 2. The summed E-state index contributed by atoms with van der Waals surface area (Å²) in [7, 11) is 1.89. The molecule has 0 spiro atoms. The van der Waals surface area contributed by atoms with E-state index in [9.17, 15) is 14.4 Å². The van der Waals surface area contributed by atoms with Gasteiger partial charge in [0.25, 0.3) is 5.91 Å². The summed E-state index contributed by atoms with van der Waals surface area (Å²) in [5.74, 6) is -1.64. The quantitative estimate of drug-likeness (QED) is 0.646. The molecule has 0 aliphatic carbocycles. The predicted molar refractivity (Wildman–Crippen MR) is 75.9 cm³/mol. The lowest BCUT2D eigenvalue weighted by atomic mass is 9.96. The standard InChI is InChI=1S/C14H25N3O3/c1-4-9(2)8-10(12(18)13(15)19)16-14(20)11-6-5-7-17(11)3/h9-11H,4-8H2,1-3H3,(H2,15,19)(H,16,20). The zero-order chi connectivity index (χ0) is 15.3. The van der Waals surface area contributed by atoms with Gasteiger partial charge in [-0.05, 0) is 38.8 Å². The number of nitrogens with one attached hydrogen (secondary N) is 1. The van der Waals surface area contributed by atoms with E-state index in [0.29, 0.717) is 6.42 Å². The Morgan fingerprint density at radius 2 is 2.05 bits per heavy atom. The molecule has 3 atom stereocenters. The molecule has 0 saturated carbocycles. The van der Waals surface area contributed by atoms with Crippen molar-refractivity contribution in [2.24, 2.45) is 11.7 Å². The third kappa shape index (κ3) is 4.30. The Labute approximate surface area is 120 Å². The summed E-state index contributed by atoms with van der Waals surface area (Å²) in [4.78, 5) is 37.1. The zero-order valence-electron chi connectivity index (χ0n) is 12.5. The Hall–Kier alpha value is -1.43. The number of likely N-dealkylation sites (tertiary alicyclic amines) is 1. The molecule has 3 N–H and O–H groups in total. The Bertz CT molecular complexity index is 384. The van der Waals surface area contributed by atoms with E-state index >= 15 is 0 Å². The fourth-order valence-corrected chi connectivity index (χ4v) is 2.48. The van der Waals surface area contributed by atoms with Crippen LogP contribution in [0.4, 0.5) is 0 Å². The van der Waals surface area contributed by atoms with E-state index in [1.807, 2.05) is 25.8 Å². The highest BCUT2D eigenvalue weighted by Crippen LogP contribution is 2.16. The fourth-order valence-electron chi connectivity index (χ4n) is 2.48. The number of rotatable bonds is 7. The van der Waals surface area contributed by atoms with Gasteiger partial charge in [-0.15, -0.1) is 0 Å². The molecular weight excluding hydrogens is 258 g/mol. The largest absolute Gasteiger partial charge is 0.363 e. The van der Waals surface area contributed by atoms with E-state index in [4.69, 9.17) is 5.73 Å². The minimum absolute atomic E-state index is 0.187. The highest BCUT2D eigenvalue weighted by Gasteiger charge is 2.32. The maximum Gasteiger partial charge on any atom is 0.287 e. The lowest BCUT2D eigenvalue weighted by molar-refractivity contribution is -0.139. The molecule has 6 nitrogen and oxygen atoms in total. The molecule has 0 radical (unpaired) electrons. The van der Waals surface area contributed by atoms with Crippen LogP contribution in [0, 0.1) is 5.92 Å². The smallest absolute Gasteiger partial charge is 0.287 e. The van der Waals surface area contributed by atoms with Crippen LogP contribution < -0.4 is 11.1 Å². The van der Waals surface area contributed by atoms with Crippen molar-refractivity contribution in [3.63, 3.8) is 0 Å². The van der Waals surface area contributed by atoms with Crippen molar-refractivity contribution < 1.29 is 14.4 Å². The first-order valence-corrected chi connectivity index (χ1v) is 7.21. The molecule has 20 heavy (non-hydrogen) atoms. The predicted octanol–water partition coefficient (Wildman–Crippen LogP) is 0.0560. The number of hydrogen-bond donors (Lipinski definition) is 2. The average Bonchev–Trinajstić information content (AvgIpc) is 2.82. The molecule has 1 aliphatic heterocycles. The SMILES string of the molecule is CCC(C)CC(NC(=O)C1CCCN1C)C(=O)C(N)=O. The Kier molecular flexibility index (Phi) is 6.13. The second-order valence-corrected chi connectivity index (χ2v) is 5.68. The number of carbonyl (C=O) groups is 3. The highest BCUT2D eigenvalue weighted by molar-refractivity contribution is 6.37. The van der Waals surface area contributed by atoms with Crippen LogP contribution >= 0.6 is 0 Å². The first-order chi connectivity index (χ1) is 9.36. The van der Waals surface area contributed by atoms with Crippen LogP contribution in [-0.2, 0) is 14.4 Å². The molecule has 1 fully saturated rings. The molecule has 6 heteroatoms. The van der Waals surface area contributed by atoms with Crippen molar-refractivity contribution in [1.82, 2.24) is 10.2 Å². The van der Waals surface area contributed by atoms with Crippen LogP contribution in [-0.4, -0.2) is 48.2 Å². The lowest BCUT2D eigenvalue weighted by Crippen LogP contribution is -2.51. The minimum atomic E-state index is -0.988. The number of nitrogens with two attached hydrogens (primary N) is 1. The topological polar surface area (TPSA) is 92.5 Å². The Balaban J connectivity index is 2.70. The number of ketones is 1. The van der Waals surface area contributed by atoms with Gasteiger partial charge >= 0.3 is 0 Å². The van der Waals surface area contributed by atoms with Gasteiger partial charge in [-0.3, -0.25) is 19.3 Å². The molecule has 0 aromatic heterocycles. The van der Waals surface area contributed by atoms with Gasteiger partial charge in [0, 0.05) is 0 Å². The lowest BCUT2D eigenvalue weighted by Gasteiger charge is -2.24. The van der Waals surface area contributed by atoms with E-state index in [1.54, 1.807) is 0 Å². The number of primary amides is 1. The van der Waals surface area contributed by atoms with Gasteiger partial charge in [0.15, 0.2) is 0 Å². The average molecular weight is 283 g/mol. The van der Waals surface area contributed by atoms with Crippen molar-refractivity contribution in [2.45, 2.75) is 51.6 Å². The summed E-state index contributed by atoms with van der Waals surface area (Å²) in [6, 6.07) is -1.01. The molecule has 0 aromatic carbocycles. The van der Waals surface area contributed by atoms with Crippen LogP contribution in [0.25, 0.3) is 0 Å². The first kappa shape index (κ1) is 16.6. The normalized spacial score (nSPS) is 22.2. The zero-order valence-corrected chi connectivity index (χ0v) is 12.5. The summed E-state index contributed by atoms with van der Waals surface area (Å²) in [5, 5.41) is 2.70. The van der Waals surface area contributed by atoms with Crippen molar-refractivity contribution in [3.05, 3.63) is 0 Å². The Morgan fingerprint density at radius 3 is 2.50 bits per heavy atom. The maximum absolute atomic E-state index is 12.2. The van der Waals surface area contributed by atoms with Gasteiger partial charge in [0.1, 0.15) is 0 Å². The van der Waals surface area contributed by atoms with Gasteiger partial charge in [-0.25, -0.2) is 0 Å². The third-order valence-corrected chi connectivity index (χ3v) is 4.03. The van der Waals surface area contributed by atoms with Crippen molar-refractivity contribution in [2.75, 3.05) is 13.6 Å². The van der Waals surface area contributed by atoms with Gasteiger partial charge in [-0.1, -0.05) is 20.3 Å². The molecule has 1 heterocycles. The molecule has 1 aliphatic rings. The van der Waals surface area contributed by atoms with Crippen molar-refractivity contribution in [1.29, 1.82) is 0 Å². The second kappa shape index (κ2) is 7.38. The minimum Gasteiger partial charge on any atom is -0.363 e. The molecule has 2 amide bonds. The van der Waals surface area contributed by atoms with E-state index in [0.717, 1.165) is 25.8 Å². The summed E-state index contributed by atoms with van der Waals surface area (Å²) in [6.07, 6.45) is 3.07. The van der Waals surface area contributed by atoms with E-state index in [1.165, 1.54) is 0 Å². The number of Topliss-reactive ketones (excluding diaryl/α,β-unsaturated/α-hetero) is 1. The molecule has 1 saturated heterocycles. The molecule has 0 bridgehead atoms. The maximum atomic E-state index is 12.2. The Morgan fingerprint density at radius 1 is 1.40 bits per heavy atom. The first-order valence-electron chi connectivity index (χ1n) is 7.21. The molecular formula is C14H25N3O3.